The van der Waals surface area contributed by atoms with Gasteiger partial charge in [0.05, 0.1) is 18.0 Å². The maximum atomic E-state index is 13.7. The monoisotopic (exact) mass is 560 g/mol. The van der Waals surface area contributed by atoms with E-state index in [0.717, 1.165) is 19.4 Å². The highest BCUT2D eigenvalue weighted by molar-refractivity contribution is 6.30. The van der Waals surface area contributed by atoms with E-state index in [-0.39, 0.29) is 30.2 Å². The highest BCUT2D eigenvalue weighted by atomic mass is 35.5. The zero-order chi connectivity index (χ0) is 27.5. The lowest BCUT2D eigenvalue weighted by Crippen LogP contribution is -2.31. The van der Waals surface area contributed by atoms with Crippen LogP contribution in [0.1, 0.15) is 23.2 Å². The van der Waals surface area contributed by atoms with E-state index in [0.29, 0.717) is 45.8 Å². The molecule has 0 radical (unpaired) electrons. The van der Waals surface area contributed by atoms with Crippen molar-refractivity contribution in [3.05, 3.63) is 93.9 Å². The van der Waals surface area contributed by atoms with Crippen LogP contribution in [0.15, 0.2) is 77.7 Å². The predicted octanol–water partition coefficient (Wildman–Crippen LogP) is 5.06. The number of nitrogens with zero attached hydrogens (tertiary/aromatic N) is 2. The number of fused-ring (bicyclic) bond motifs is 1. The van der Waals surface area contributed by atoms with Gasteiger partial charge in [-0.1, -0.05) is 23.7 Å². The third-order valence-electron chi connectivity index (χ3n) is 6.48. The molecule has 2 aliphatic heterocycles. The molecule has 1 fully saturated rings. The van der Waals surface area contributed by atoms with E-state index in [2.05, 4.69) is 15.7 Å². The number of nitrogens with one attached hydrogen (secondary N) is 2. The first-order valence-corrected chi connectivity index (χ1v) is 13.1. The minimum absolute atomic E-state index is 0.0305. The predicted molar refractivity (Wildman–Crippen MR) is 149 cm³/mol. The third kappa shape index (κ3) is 5.58. The highest BCUT2D eigenvalue weighted by Crippen LogP contribution is 2.37. The number of ether oxygens (including phenoxy) is 4. The van der Waals surface area contributed by atoms with Gasteiger partial charge in [-0.2, -0.15) is 9.78 Å². The number of hydrogen-bond acceptors (Lipinski definition) is 8. The van der Waals surface area contributed by atoms with Gasteiger partial charge < -0.3 is 29.6 Å². The van der Waals surface area contributed by atoms with Gasteiger partial charge in [0.15, 0.2) is 22.9 Å². The van der Waals surface area contributed by atoms with Crippen LogP contribution in [0.3, 0.4) is 0 Å². The van der Waals surface area contributed by atoms with E-state index in [4.69, 9.17) is 30.5 Å². The SMILES string of the molecule is O=C(NCC1CCCO1)c1cccc(Nc2c(Oc3ccc4c(c3)OCO4)cnn(-c3cccc(Cl)c3)c2=O)c1. The Morgan fingerprint density at radius 3 is 2.80 bits per heavy atom. The number of aromatic nitrogens is 2. The molecule has 6 rings (SSSR count). The lowest BCUT2D eigenvalue weighted by molar-refractivity contribution is 0.0858. The number of halogens is 1. The molecule has 1 unspecified atom stereocenters. The molecule has 40 heavy (non-hydrogen) atoms. The fourth-order valence-corrected chi connectivity index (χ4v) is 4.67. The molecular weight excluding hydrogens is 536 g/mol. The highest BCUT2D eigenvalue weighted by Gasteiger charge is 2.20. The Balaban J connectivity index is 1.32. The summed E-state index contributed by atoms with van der Waals surface area (Å²) in [7, 11) is 0. The summed E-state index contributed by atoms with van der Waals surface area (Å²) in [5.41, 5.74) is 1.07. The van der Waals surface area contributed by atoms with Gasteiger partial charge in [-0.3, -0.25) is 9.59 Å². The molecule has 1 atom stereocenters. The second-order valence-electron chi connectivity index (χ2n) is 9.25. The van der Waals surface area contributed by atoms with E-state index < -0.39 is 5.56 Å². The Hall–Kier alpha value is -4.54. The number of amides is 1. The van der Waals surface area contributed by atoms with Gasteiger partial charge >= 0.3 is 0 Å². The van der Waals surface area contributed by atoms with Gasteiger partial charge in [-0.25, -0.2) is 0 Å². The lowest BCUT2D eigenvalue weighted by Gasteiger charge is -2.15. The number of hydrogen-bond donors (Lipinski definition) is 2. The van der Waals surface area contributed by atoms with Crippen molar-refractivity contribution in [1.29, 1.82) is 0 Å². The summed E-state index contributed by atoms with van der Waals surface area (Å²) in [5, 5.41) is 10.8. The topological polar surface area (TPSA) is 113 Å². The van der Waals surface area contributed by atoms with Crippen LogP contribution >= 0.6 is 11.6 Å². The van der Waals surface area contributed by atoms with Crippen LogP contribution in [0.2, 0.25) is 5.02 Å². The molecule has 1 aromatic heterocycles. The van der Waals surface area contributed by atoms with Crippen LogP contribution < -0.4 is 30.4 Å². The van der Waals surface area contributed by atoms with E-state index in [1.165, 1.54) is 10.9 Å². The van der Waals surface area contributed by atoms with Crippen molar-refractivity contribution < 1.29 is 23.7 Å². The number of rotatable bonds is 8. The summed E-state index contributed by atoms with van der Waals surface area (Å²) in [4.78, 5) is 26.5. The molecule has 1 amide bonds. The maximum Gasteiger partial charge on any atom is 0.299 e. The van der Waals surface area contributed by atoms with Crippen molar-refractivity contribution in [1.82, 2.24) is 15.1 Å². The van der Waals surface area contributed by atoms with Crippen LogP contribution in [0.4, 0.5) is 11.4 Å². The Morgan fingerprint density at radius 2 is 1.95 bits per heavy atom. The maximum absolute atomic E-state index is 13.7. The Kier molecular flexibility index (Phi) is 7.26. The molecule has 2 aliphatic rings. The van der Waals surface area contributed by atoms with Crippen molar-refractivity contribution in [2.24, 2.45) is 0 Å². The van der Waals surface area contributed by atoms with Crippen LogP contribution in [0.5, 0.6) is 23.0 Å². The second kappa shape index (κ2) is 11.3. The van der Waals surface area contributed by atoms with E-state index in [9.17, 15) is 9.59 Å². The van der Waals surface area contributed by atoms with Crippen LogP contribution in [-0.4, -0.2) is 41.7 Å². The summed E-state index contributed by atoms with van der Waals surface area (Å²) in [6, 6.07) is 18.8. The van der Waals surface area contributed by atoms with Crippen LogP contribution in [0.25, 0.3) is 5.69 Å². The van der Waals surface area contributed by atoms with Gasteiger partial charge in [-0.05, 0) is 61.4 Å². The van der Waals surface area contributed by atoms with Crippen molar-refractivity contribution in [3.8, 4) is 28.7 Å². The molecule has 11 heteroatoms. The van der Waals surface area contributed by atoms with Gasteiger partial charge in [0, 0.05) is 35.5 Å². The lowest BCUT2D eigenvalue weighted by atomic mass is 10.1. The quantitative estimate of drug-likeness (QED) is 0.307. The molecule has 4 aromatic rings. The smallest absolute Gasteiger partial charge is 0.299 e. The minimum atomic E-state index is -0.478. The second-order valence-corrected chi connectivity index (χ2v) is 9.69. The molecule has 1 saturated heterocycles. The summed E-state index contributed by atoms with van der Waals surface area (Å²) in [6.07, 6.45) is 3.39. The molecule has 0 bridgehead atoms. The average Bonchev–Trinajstić information content (AvgIpc) is 3.66. The molecular formula is C29H25ClN4O6. The standard InChI is InChI=1S/C29H25ClN4O6/c30-19-5-2-7-21(13-19)34-29(36)27(26(16-32-34)40-22-9-10-24-25(14-22)39-17-38-24)33-20-6-1-4-18(12-20)28(35)31-15-23-8-3-11-37-23/h1-2,4-7,9-10,12-14,16,23,33H,3,8,11,15,17H2,(H,31,35). The van der Waals surface area contributed by atoms with Crippen molar-refractivity contribution in [3.63, 3.8) is 0 Å². The first kappa shape index (κ1) is 25.7. The number of benzene rings is 3. The molecule has 10 nitrogen and oxygen atoms in total. The zero-order valence-electron chi connectivity index (χ0n) is 21.3. The van der Waals surface area contributed by atoms with Crippen molar-refractivity contribution in [2.75, 3.05) is 25.3 Å². The van der Waals surface area contributed by atoms with Gasteiger partial charge in [0.25, 0.3) is 11.5 Å². The average molecular weight is 561 g/mol. The van der Waals surface area contributed by atoms with E-state index >= 15 is 0 Å². The van der Waals surface area contributed by atoms with E-state index in [1.54, 1.807) is 66.7 Å². The first-order chi connectivity index (χ1) is 19.5. The number of carbonyl (C=O) groups excluding carboxylic acids is 1. The number of carbonyl (C=O) groups is 1. The molecule has 3 heterocycles. The Bertz CT molecular complexity index is 1620. The van der Waals surface area contributed by atoms with Gasteiger partial charge in [-0.15, -0.1) is 0 Å². The van der Waals surface area contributed by atoms with Crippen LogP contribution in [0, 0.1) is 0 Å². The fraction of sp³-hybridized carbons (Fsp3) is 0.207. The first-order valence-electron chi connectivity index (χ1n) is 12.8. The van der Waals surface area contributed by atoms with Crippen LogP contribution in [-0.2, 0) is 4.74 Å². The summed E-state index contributed by atoms with van der Waals surface area (Å²) < 4.78 is 23.7. The molecule has 3 aromatic carbocycles. The summed E-state index contributed by atoms with van der Waals surface area (Å²) in [5.74, 6) is 1.51. The zero-order valence-corrected chi connectivity index (χ0v) is 22.0. The minimum Gasteiger partial charge on any atom is -0.454 e. The van der Waals surface area contributed by atoms with Gasteiger partial charge in [0.1, 0.15) is 5.75 Å². The largest absolute Gasteiger partial charge is 0.454 e. The molecule has 2 N–H and O–H groups in total. The van der Waals surface area contributed by atoms with E-state index in [1.807, 2.05) is 0 Å². The fourth-order valence-electron chi connectivity index (χ4n) is 4.49. The van der Waals surface area contributed by atoms with Crippen molar-refractivity contribution in [2.45, 2.75) is 18.9 Å². The summed E-state index contributed by atoms with van der Waals surface area (Å²) >= 11 is 6.16. The molecule has 204 valence electrons. The Labute approximate surface area is 234 Å². The normalized spacial score (nSPS) is 15.6. The molecule has 0 spiro atoms. The molecule has 0 saturated carbocycles. The number of anilines is 2. The summed E-state index contributed by atoms with van der Waals surface area (Å²) in [6.45, 7) is 1.29. The molecule has 0 aliphatic carbocycles. The Morgan fingerprint density at radius 1 is 1.07 bits per heavy atom. The van der Waals surface area contributed by atoms with Gasteiger partial charge in [0.2, 0.25) is 6.79 Å². The third-order valence-corrected chi connectivity index (χ3v) is 6.71. The van der Waals surface area contributed by atoms with Crippen molar-refractivity contribution >= 4 is 28.9 Å².